The highest BCUT2D eigenvalue weighted by Gasteiger charge is 2.25. The van der Waals surface area contributed by atoms with E-state index < -0.39 is 5.82 Å². The molecule has 8 heteroatoms. The van der Waals surface area contributed by atoms with E-state index in [9.17, 15) is 9.18 Å². The van der Waals surface area contributed by atoms with Crippen molar-refractivity contribution in [3.8, 4) is 5.75 Å². The summed E-state index contributed by atoms with van der Waals surface area (Å²) in [6.45, 7) is 12.2. The Morgan fingerprint density at radius 3 is 2.86 bits per heavy atom. The molecule has 2 aromatic rings. The first-order valence-electron chi connectivity index (χ1n) is 8.73. The molecular weight excluding hydrogens is 409 g/mol. The summed E-state index contributed by atoms with van der Waals surface area (Å²) in [6.07, 6.45) is 1.96. The fraction of sp³-hybridized carbons (Fsp3) is 0.190. The SMILES string of the molecule is C=CC(=O)N1CCc2nc(/C(N=C)=C(/C(=C)S)c3ccc(F)cc3OC)sc2C1. The number of hydrogen-bond donors (Lipinski definition) is 1. The first-order valence-corrected chi connectivity index (χ1v) is 9.99. The van der Waals surface area contributed by atoms with Crippen LogP contribution in [0.4, 0.5) is 4.39 Å². The predicted octanol–water partition coefficient (Wildman–Crippen LogP) is 4.37. The normalized spacial score (nSPS) is 14.0. The van der Waals surface area contributed by atoms with E-state index in [1.807, 2.05) is 0 Å². The largest absolute Gasteiger partial charge is 0.496 e. The zero-order chi connectivity index (χ0) is 21.1. The minimum absolute atomic E-state index is 0.108. The molecule has 29 heavy (non-hydrogen) atoms. The van der Waals surface area contributed by atoms with Gasteiger partial charge in [0.25, 0.3) is 0 Å². The van der Waals surface area contributed by atoms with Gasteiger partial charge < -0.3 is 9.64 Å². The predicted molar refractivity (Wildman–Crippen MR) is 119 cm³/mol. The lowest BCUT2D eigenvalue weighted by Crippen LogP contribution is -2.34. The van der Waals surface area contributed by atoms with Crippen LogP contribution >= 0.6 is 24.0 Å². The van der Waals surface area contributed by atoms with Crippen molar-refractivity contribution < 1.29 is 13.9 Å². The minimum Gasteiger partial charge on any atom is -0.496 e. The molecule has 0 unspecified atom stereocenters. The average Bonchev–Trinajstić information content (AvgIpc) is 3.14. The molecule has 0 saturated heterocycles. The fourth-order valence-corrected chi connectivity index (χ4v) is 4.52. The molecule has 1 amide bonds. The number of aliphatic imine (C=N–C) groups is 1. The van der Waals surface area contributed by atoms with Crippen LogP contribution in [-0.4, -0.2) is 36.2 Å². The molecule has 1 aromatic heterocycles. The summed E-state index contributed by atoms with van der Waals surface area (Å²) in [5.74, 6) is -0.191. The molecule has 0 radical (unpaired) electrons. The van der Waals surface area contributed by atoms with Crippen LogP contribution in [0, 0.1) is 5.82 Å². The Morgan fingerprint density at radius 1 is 1.48 bits per heavy atom. The molecule has 0 atom stereocenters. The first-order chi connectivity index (χ1) is 13.9. The highest BCUT2D eigenvalue weighted by molar-refractivity contribution is 7.85. The van der Waals surface area contributed by atoms with Gasteiger partial charge in [0.05, 0.1) is 19.3 Å². The van der Waals surface area contributed by atoms with E-state index >= 15 is 0 Å². The number of hydrogen-bond acceptors (Lipinski definition) is 6. The van der Waals surface area contributed by atoms with Crippen molar-refractivity contribution in [3.05, 3.63) is 69.3 Å². The molecule has 150 valence electrons. The number of halogens is 1. The molecule has 3 rings (SSSR count). The molecule has 1 aliphatic heterocycles. The molecule has 0 saturated carbocycles. The van der Waals surface area contributed by atoms with Gasteiger partial charge in [0.15, 0.2) is 0 Å². The summed E-state index contributed by atoms with van der Waals surface area (Å²) in [5.41, 5.74) is 2.56. The Labute approximate surface area is 178 Å². The molecule has 5 nitrogen and oxygen atoms in total. The lowest BCUT2D eigenvalue weighted by atomic mass is 10.0. The Bertz CT molecular complexity index is 1040. The van der Waals surface area contributed by atoms with Crippen LogP contribution in [0.3, 0.4) is 0 Å². The van der Waals surface area contributed by atoms with Crippen LogP contribution in [0.5, 0.6) is 5.75 Å². The van der Waals surface area contributed by atoms with Crippen LogP contribution in [0.1, 0.15) is 21.1 Å². The second kappa shape index (κ2) is 8.75. The lowest BCUT2D eigenvalue weighted by Gasteiger charge is -2.24. The van der Waals surface area contributed by atoms with Gasteiger partial charge in [-0.1, -0.05) is 13.2 Å². The Kier molecular flexibility index (Phi) is 6.34. The number of thiazole rings is 1. The Balaban J connectivity index is 2.12. The number of rotatable bonds is 6. The van der Waals surface area contributed by atoms with Gasteiger partial charge in [-0.15, -0.1) is 24.0 Å². The van der Waals surface area contributed by atoms with Gasteiger partial charge in [-0.05, 0) is 24.9 Å². The van der Waals surface area contributed by atoms with Crippen LogP contribution in [0.2, 0.25) is 0 Å². The number of ether oxygens (including phenoxy) is 1. The van der Waals surface area contributed by atoms with E-state index in [4.69, 9.17) is 9.72 Å². The standard InChI is InChI=1S/C21H20FN3O2S2/c1-5-18(26)25-9-8-15-17(11-25)29-21(24-15)20(23-3)19(12(2)28)14-7-6-13(22)10-16(14)27-4/h5-7,10,28H,1-3,8-9,11H2,4H3/b20-19+. The number of fused-ring (bicyclic) bond motifs is 1. The number of carbonyl (C=O) groups is 1. The number of allylic oxidation sites excluding steroid dienone is 1. The third-order valence-corrected chi connectivity index (χ3v) is 5.85. The fourth-order valence-electron chi connectivity index (χ4n) is 3.16. The number of nitrogens with zero attached hydrogens (tertiary/aromatic N) is 3. The number of carbonyl (C=O) groups excluding carboxylic acids is 1. The van der Waals surface area contributed by atoms with Crippen molar-refractivity contribution >= 4 is 47.9 Å². The maximum absolute atomic E-state index is 13.7. The molecule has 0 spiro atoms. The van der Waals surface area contributed by atoms with Gasteiger partial charge in [-0.25, -0.2) is 9.37 Å². The Morgan fingerprint density at radius 2 is 2.24 bits per heavy atom. The van der Waals surface area contributed by atoms with Gasteiger partial charge in [0, 0.05) is 40.0 Å². The van der Waals surface area contributed by atoms with E-state index in [0.717, 1.165) is 10.6 Å². The molecule has 1 aromatic carbocycles. The van der Waals surface area contributed by atoms with Crippen molar-refractivity contribution in [3.63, 3.8) is 0 Å². The monoisotopic (exact) mass is 429 g/mol. The second-order valence-electron chi connectivity index (χ2n) is 6.28. The molecule has 0 fully saturated rings. The van der Waals surface area contributed by atoms with E-state index in [1.54, 1.807) is 11.0 Å². The third-order valence-electron chi connectivity index (χ3n) is 4.54. The number of aromatic nitrogens is 1. The van der Waals surface area contributed by atoms with Crippen molar-refractivity contribution in [2.45, 2.75) is 13.0 Å². The second-order valence-corrected chi connectivity index (χ2v) is 7.90. The zero-order valence-corrected chi connectivity index (χ0v) is 17.7. The summed E-state index contributed by atoms with van der Waals surface area (Å²) >= 11 is 5.86. The van der Waals surface area contributed by atoms with Crippen molar-refractivity contribution in [1.82, 2.24) is 9.88 Å². The smallest absolute Gasteiger partial charge is 0.246 e. The van der Waals surface area contributed by atoms with E-state index in [1.165, 1.54) is 36.7 Å². The van der Waals surface area contributed by atoms with Crippen molar-refractivity contribution in [2.75, 3.05) is 13.7 Å². The highest BCUT2D eigenvalue weighted by atomic mass is 32.1. The summed E-state index contributed by atoms with van der Waals surface area (Å²) in [4.78, 5) is 24.0. The van der Waals surface area contributed by atoms with Gasteiger partial charge in [0.1, 0.15) is 22.3 Å². The van der Waals surface area contributed by atoms with Crippen LogP contribution in [0.25, 0.3) is 11.3 Å². The Hall–Kier alpha value is -2.71. The molecule has 1 aliphatic rings. The topological polar surface area (TPSA) is 54.8 Å². The summed E-state index contributed by atoms with van der Waals surface area (Å²) in [6, 6.07) is 4.22. The zero-order valence-electron chi connectivity index (χ0n) is 15.9. The first kappa shape index (κ1) is 21.0. The number of methoxy groups -OCH3 is 1. The minimum atomic E-state index is -0.417. The summed E-state index contributed by atoms with van der Waals surface area (Å²) < 4.78 is 19.0. The van der Waals surface area contributed by atoms with Crippen LogP contribution < -0.4 is 4.74 Å². The quantitative estimate of drug-likeness (QED) is 0.321. The molecule has 2 heterocycles. The molecule has 0 bridgehead atoms. The van der Waals surface area contributed by atoms with Crippen LogP contribution in [0.15, 0.2) is 47.3 Å². The molecule has 0 N–H and O–H groups in total. The van der Waals surface area contributed by atoms with Crippen molar-refractivity contribution in [1.29, 1.82) is 0 Å². The maximum Gasteiger partial charge on any atom is 0.246 e. The van der Waals surface area contributed by atoms with Gasteiger partial charge >= 0.3 is 0 Å². The van der Waals surface area contributed by atoms with Gasteiger partial charge in [-0.3, -0.25) is 9.79 Å². The van der Waals surface area contributed by atoms with Crippen LogP contribution in [-0.2, 0) is 17.8 Å². The lowest BCUT2D eigenvalue weighted by molar-refractivity contribution is -0.126. The summed E-state index contributed by atoms with van der Waals surface area (Å²) in [5, 5.41) is 0.634. The number of benzene rings is 1. The number of thiol groups is 1. The molecular formula is C21H20FN3O2S2. The van der Waals surface area contributed by atoms with E-state index in [2.05, 4.69) is 37.5 Å². The molecule has 0 aliphatic carbocycles. The van der Waals surface area contributed by atoms with E-state index in [0.29, 0.717) is 52.0 Å². The number of amides is 1. The highest BCUT2D eigenvalue weighted by Crippen LogP contribution is 2.40. The maximum atomic E-state index is 13.7. The van der Waals surface area contributed by atoms with E-state index in [-0.39, 0.29) is 5.91 Å². The third kappa shape index (κ3) is 4.18. The van der Waals surface area contributed by atoms with Crippen molar-refractivity contribution in [2.24, 2.45) is 4.99 Å². The summed E-state index contributed by atoms with van der Waals surface area (Å²) in [7, 11) is 1.46. The van der Waals surface area contributed by atoms with Gasteiger partial charge in [-0.2, -0.15) is 0 Å². The average molecular weight is 430 g/mol. The van der Waals surface area contributed by atoms with Gasteiger partial charge in [0.2, 0.25) is 5.91 Å².